The highest BCUT2D eigenvalue weighted by atomic mass is 35.5. The van der Waals surface area contributed by atoms with Crippen LogP contribution in [0.15, 0.2) is 82.1 Å². The lowest BCUT2D eigenvalue weighted by Gasteiger charge is -2.14. The van der Waals surface area contributed by atoms with Crippen molar-refractivity contribution in [2.24, 2.45) is 0 Å². The summed E-state index contributed by atoms with van der Waals surface area (Å²) in [6, 6.07) is 22.5. The van der Waals surface area contributed by atoms with Crippen molar-refractivity contribution in [1.29, 1.82) is 0 Å². The summed E-state index contributed by atoms with van der Waals surface area (Å²) in [5.41, 5.74) is 0.772. The SMILES string of the molecule is COc1ccc(-c2ccc(/C=C3\SC(=O)N(CCOc4cccc5ccccc45)C3=O)o2)cc1Cl. The summed E-state index contributed by atoms with van der Waals surface area (Å²) in [7, 11) is 1.55. The molecular weight excluding hydrogens is 486 g/mol. The van der Waals surface area contributed by atoms with E-state index < -0.39 is 0 Å². The van der Waals surface area contributed by atoms with E-state index in [0.29, 0.717) is 32.9 Å². The van der Waals surface area contributed by atoms with Crippen LogP contribution in [0.1, 0.15) is 5.76 Å². The molecule has 6 nitrogen and oxygen atoms in total. The quantitative estimate of drug-likeness (QED) is 0.255. The van der Waals surface area contributed by atoms with Crippen LogP contribution in [0.5, 0.6) is 11.5 Å². The van der Waals surface area contributed by atoms with Crippen molar-refractivity contribution in [2.75, 3.05) is 20.3 Å². The molecule has 0 saturated carbocycles. The van der Waals surface area contributed by atoms with Gasteiger partial charge >= 0.3 is 0 Å². The molecule has 8 heteroatoms. The highest BCUT2D eigenvalue weighted by molar-refractivity contribution is 8.18. The van der Waals surface area contributed by atoms with Gasteiger partial charge in [0.1, 0.15) is 29.6 Å². The third-order valence-corrected chi connectivity index (χ3v) is 6.73. The Morgan fingerprint density at radius 3 is 2.66 bits per heavy atom. The molecular formula is C27H20ClNO5S. The standard InChI is InChI=1S/C27H20ClNO5S/c1-32-24-11-9-18(15-21(24)28)22-12-10-19(34-22)16-25-26(30)29(27(31)35-25)13-14-33-23-8-4-6-17-5-2-3-7-20(17)23/h2-12,15-16H,13-14H2,1H3/b25-16-. The Labute approximate surface area is 211 Å². The molecule has 0 aliphatic carbocycles. The van der Waals surface area contributed by atoms with E-state index in [0.717, 1.165) is 28.1 Å². The van der Waals surface area contributed by atoms with Crippen molar-refractivity contribution in [1.82, 2.24) is 4.90 Å². The smallest absolute Gasteiger partial charge is 0.293 e. The Bertz CT molecular complexity index is 1460. The number of furan rings is 1. The molecule has 1 aliphatic heterocycles. The molecule has 0 unspecified atom stereocenters. The molecule has 0 atom stereocenters. The first kappa shape index (κ1) is 23.1. The summed E-state index contributed by atoms with van der Waals surface area (Å²) >= 11 is 7.09. The lowest BCUT2D eigenvalue weighted by atomic mass is 10.1. The number of rotatable bonds is 7. The molecule has 1 fully saturated rings. The normalized spacial score (nSPS) is 14.8. The molecule has 0 radical (unpaired) electrons. The molecule has 1 saturated heterocycles. The number of benzene rings is 3. The molecule has 2 amide bonds. The first-order valence-corrected chi connectivity index (χ1v) is 12.0. The molecule has 35 heavy (non-hydrogen) atoms. The molecule has 1 aliphatic rings. The number of amides is 2. The zero-order chi connectivity index (χ0) is 24.4. The number of thioether (sulfide) groups is 1. The van der Waals surface area contributed by atoms with Gasteiger partial charge in [0.2, 0.25) is 0 Å². The molecule has 0 bridgehead atoms. The summed E-state index contributed by atoms with van der Waals surface area (Å²) in [5, 5.41) is 2.18. The number of carbonyl (C=O) groups excluding carboxylic acids is 2. The molecule has 3 aromatic carbocycles. The maximum Gasteiger partial charge on any atom is 0.293 e. The Balaban J connectivity index is 1.26. The lowest BCUT2D eigenvalue weighted by Crippen LogP contribution is -2.32. The van der Waals surface area contributed by atoms with E-state index in [4.69, 9.17) is 25.5 Å². The van der Waals surface area contributed by atoms with Gasteiger partial charge in [0.05, 0.1) is 23.6 Å². The Hall–Kier alpha value is -3.68. The fourth-order valence-electron chi connectivity index (χ4n) is 3.80. The third kappa shape index (κ3) is 4.78. The fourth-order valence-corrected chi connectivity index (χ4v) is 4.90. The van der Waals surface area contributed by atoms with E-state index in [2.05, 4.69) is 0 Å². The van der Waals surface area contributed by atoms with E-state index in [9.17, 15) is 9.59 Å². The van der Waals surface area contributed by atoms with Crippen molar-refractivity contribution in [3.05, 3.63) is 88.5 Å². The second-order valence-corrected chi connectivity index (χ2v) is 9.11. The van der Waals surface area contributed by atoms with Gasteiger partial charge < -0.3 is 13.9 Å². The van der Waals surface area contributed by atoms with Crippen LogP contribution in [0.3, 0.4) is 0 Å². The first-order valence-electron chi connectivity index (χ1n) is 10.8. The van der Waals surface area contributed by atoms with E-state index in [-0.39, 0.29) is 24.3 Å². The number of methoxy groups -OCH3 is 1. The van der Waals surface area contributed by atoms with Crippen LogP contribution in [0, 0.1) is 0 Å². The number of nitrogens with zero attached hydrogens (tertiary/aromatic N) is 1. The van der Waals surface area contributed by atoms with Crippen molar-refractivity contribution in [3.63, 3.8) is 0 Å². The van der Waals surface area contributed by atoms with Crippen molar-refractivity contribution >= 4 is 51.4 Å². The van der Waals surface area contributed by atoms with Gasteiger partial charge in [-0.3, -0.25) is 14.5 Å². The minimum Gasteiger partial charge on any atom is -0.495 e. The van der Waals surface area contributed by atoms with Gasteiger partial charge in [-0.2, -0.15) is 0 Å². The van der Waals surface area contributed by atoms with Gasteiger partial charge in [0.25, 0.3) is 11.1 Å². The maximum atomic E-state index is 12.9. The number of halogens is 1. The minimum atomic E-state index is -0.369. The lowest BCUT2D eigenvalue weighted by molar-refractivity contribution is -0.123. The number of hydrogen-bond donors (Lipinski definition) is 0. The number of hydrogen-bond acceptors (Lipinski definition) is 6. The number of fused-ring (bicyclic) bond motifs is 1. The average Bonchev–Trinajstić information content (AvgIpc) is 3.44. The van der Waals surface area contributed by atoms with Gasteiger partial charge in [-0.15, -0.1) is 0 Å². The van der Waals surface area contributed by atoms with Crippen LogP contribution < -0.4 is 9.47 Å². The van der Waals surface area contributed by atoms with Gasteiger partial charge in [-0.05, 0) is 53.5 Å². The highest BCUT2D eigenvalue weighted by Gasteiger charge is 2.35. The van der Waals surface area contributed by atoms with Gasteiger partial charge in [-0.1, -0.05) is 48.0 Å². The van der Waals surface area contributed by atoms with Crippen LogP contribution in [0.2, 0.25) is 5.02 Å². The van der Waals surface area contributed by atoms with Crippen molar-refractivity contribution < 1.29 is 23.5 Å². The van der Waals surface area contributed by atoms with Crippen LogP contribution in [0.25, 0.3) is 28.2 Å². The molecule has 4 aromatic rings. The first-order chi connectivity index (χ1) is 17.0. The van der Waals surface area contributed by atoms with Crippen molar-refractivity contribution in [3.8, 4) is 22.8 Å². The second kappa shape index (κ2) is 9.90. The molecule has 0 spiro atoms. The summed E-state index contributed by atoms with van der Waals surface area (Å²) in [6.45, 7) is 0.349. The van der Waals surface area contributed by atoms with Crippen LogP contribution in [-0.2, 0) is 4.79 Å². The molecule has 2 heterocycles. The number of imide groups is 1. The molecule has 0 N–H and O–H groups in total. The highest BCUT2D eigenvalue weighted by Crippen LogP contribution is 2.35. The summed E-state index contributed by atoms with van der Waals surface area (Å²) in [5.74, 6) is 1.97. The fraction of sp³-hybridized carbons (Fsp3) is 0.111. The zero-order valence-electron chi connectivity index (χ0n) is 18.7. The second-order valence-electron chi connectivity index (χ2n) is 7.71. The number of carbonyl (C=O) groups is 2. The van der Waals surface area contributed by atoms with Gasteiger partial charge in [-0.25, -0.2) is 0 Å². The summed E-state index contributed by atoms with van der Waals surface area (Å²) < 4.78 is 16.9. The van der Waals surface area contributed by atoms with E-state index >= 15 is 0 Å². The minimum absolute atomic E-state index is 0.152. The molecule has 5 rings (SSSR count). The monoisotopic (exact) mass is 505 g/mol. The molecule has 176 valence electrons. The topological polar surface area (TPSA) is 69.0 Å². The Morgan fingerprint density at radius 1 is 1.00 bits per heavy atom. The predicted octanol–water partition coefficient (Wildman–Crippen LogP) is 6.88. The van der Waals surface area contributed by atoms with Gasteiger partial charge in [0, 0.05) is 17.0 Å². The maximum absolute atomic E-state index is 12.9. The van der Waals surface area contributed by atoms with Gasteiger partial charge in [0.15, 0.2) is 0 Å². The van der Waals surface area contributed by atoms with Crippen molar-refractivity contribution in [2.45, 2.75) is 0 Å². The van der Waals surface area contributed by atoms with E-state index in [1.807, 2.05) is 48.5 Å². The predicted molar refractivity (Wildman–Crippen MR) is 138 cm³/mol. The van der Waals surface area contributed by atoms with Crippen LogP contribution in [-0.4, -0.2) is 36.3 Å². The van der Waals surface area contributed by atoms with Crippen LogP contribution >= 0.6 is 23.4 Å². The Kier molecular flexibility index (Phi) is 6.53. The van der Waals surface area contributed by atoms with Crippen LogP contribution in [0.4, 0.5) is 4.79 Å². The van der Waals surface area contributed by atoms with E-state index in [1.165, 1.54) is 4.90 Å². The number of ether oxygens (including phenoxy) is 2. The summed E-state index contributed by atoms with van der Waals surface area (Å²) in [4.78, 5) is 26.8. The molecule has 1 aromatic heterocycles. The summed E-state index contributed by atoms with van der Waals surface area (Å²) in [6.07, 6.45) is 1.57. The third-order valence-electron chi connectivity index (χ3n) is 5.53. The average molecular weight is 506 g/mol. The zero-order valence-corrected chi connectivity index (χ0v) is 20.3. The Morgan fingerprint density at radius 2 is 1.83 bits per heavy atom. The largest absolute Gasteiger partial charge is 0.495 e. The van der Waals surface area contributed by atoms with E-state index in [1.54, 1.807) is 37.5 Å².